The smallest absolute Gasteiger partial charge is 0.334 e. The second kappa shape index (κ2) is 7.77. The molecule has 0 spiro atoms. The molecule has 2 amide bonds. The van der Waals surface area contributed by atoms with Gasteiger partial charge in [0.05, 0.1) is 18.6 Å². The van der Waals surface area contributed by atoms with Gasteiger partial charge < -0.3 is 19.6 Å². The number of carboxylic acid groups (broad SMARTS) is 1. The summed E-state index contributed by atoms with van der Waals surface area (Å²) in [6, 6.07) is 0. The lowest BCUT2D eigenvalue weighted by molar-refractivity contribution is -0.168. The van der Waals surface area contributed by atoms with E-state index in [4.69, 9.17) is 9.84 Å². The van der Waals surface area contributed by atoms with Crippen LogP contribution in [0.1, 0.15) is 39.5 Å². The first kappa shape index (κ1) is 17.7. The van der Waals surface area contributed by atoms with Gasteiger partial charge in [-0.15, -0.1) is 0 Å². The molecular formula is C16H26N2O5. The molecule has 3 atom stereocenters. The third kappa shape index (κ3) is 4.43. The number of carboxylic acids is 1. The van der Waals surface area contributed by atoms with Gasteiger partial charge in [0.15, 0.2) is 6.10 Å². The van der Waals surface area contributed by atoms with Crippen LogP contribution in [0.25, 0.3) is 0 Å². The Morgan fingerprint density at radius 3 is 2.57 bits per heavy atom. The van der Waals surface area contributed by atoms with E-state index in [1.54, 1.807) is 16.7 Å². The lowest BCUT2D eigenvalue weighted by Crippen LogP contribution is -2.55. The lowest BCUT2D eigenvalue weighted by atomic mass is 9.95. The van der Waals surface area contributed by atoms with Gasteiger partial charge in [-0.05, 0) is 26.2 Å². The van der Waals surface area contributed by atoms with Crippen LogP contribution in [0, 0.1) is 5.92 Å². The summed E-state index contributed by atoms with van der Waals surface area (Å²) in [7, 11) is 0. The first-order chi connectivity index (χ1) is 10.9. The van der Waals surface area contributed by atoms with Crippen LogP contribution < -0.4 is 0 Å². The third-order valence-electron chi connectivity index (χ3n) is 4.43. The van der Waals surface area contributed by atoms with Gasteiger partial charge in [-0.3, -0.25) is 9.59 Å². The molecule has 2 heterocycles. The summed E-state index contributed by atoms with van der Waals surface area (Å²) < 4.78 is 5.35. The van der Waals surface area contributed by atoms with E-state index in [0.717, 1.165) is 19.3 Å². The van der Waals surface area contributed by atoms with Crippen molar-refractivity contribution < 1.29 is 24.2 Å². The summed E-state index contributed by atoms with van der Waals surface area (Å²) in [4.78, 5) is 39.3. The number of rotatable bonds is 4. The van der Waals surface area contributed by atoms with Crippen LogP contribution >= 0.6 is 0 Å². The minimum atomic E-state index is -1.04. The van der Waals surface area contributed by atoms with Crippen molar-refractivity contribution in [2.75, 3.05) is 26.2 Å². The number of hydrogen-bond donors (Lipinski definition) is 1. The molecule has 2 rings (SSSR count). The summed E-state index contributed by atoms with van der Waals surface area (Å²) in [5.74, 6) is -1.23. The van der Waals surface area contributed by atoms with Crippen molar-refractivity contribution in [3.63, 3.8) is 0 Å². The highest BCUT2D eigenvalue weighted by atomic mass is 16.5. The maximum absolute atomic E-state index is 12.7. The van der Waals surface area contributed by atoms with Crippen LogP contribution in [0.15, 0.2) is 0 Å². The molecule has 0 aromatic heterocycles. The number of carbonyl (C=O) groups is 3. The predicted octanol–water partition coefficient (Wildman–Crippen LogP) is 0.726. The van der Waals surface area contributed by atoms with E-state index in [9.17, 15) is 14.4 Å². The van der Waals surface area contributed by atoms with Gasteiger partial charge in [0.1, 0.15) is 0 Å². The Kier molecular flexibility index (Phi) is 5.98. The number of likely N-dealkylation sites (tertiary alicyclic amines) is 1. The Hall–Kier alpha value is -1.63. The quantitative estimate of drug-likeness (QED) is 0.823. The zero-order valence-electron chi connectivity index (χ0n) is 13.9. The van der Waals surface area contributed by atoms with E-state index in [0.29, 0.717) is 26.1 Å². The van der Waals surface area contributed by atoms with Crippen LogP contribution in [0.4, 0.5) is 0 Å². The first-order valence-corrected chi connectivity index (χ1v) is 8.37. The second-order valence-corrected chi connectivity index (χ2v) is 6.45. The fourth-order valence-corrected chi connectivity index (χ4v) is 3.30. The average molecular weight is 326 g/mol. The molecule has 7 nitrogen and oxygen atoms in total. The molecular weight excluding hydrogens is 300 g/mol. The van der Waals surface area contributed by atoms with E-state index in [1.165, 1.54) is 0 Å². The summed E-state index contributed by atoms with van der Waals surface area (Å²) in [5, 5.41) is 9.12. The molecule has 2 aliphatic heterocycles. The van der Waals surface area contributed by atoms with Crippen LogP contribution in [-0.2, 0) is 19.1 Å². The van der Waals surface area contributed by atoms with Gasteiger partial charge in [-0.2, -0.15) is 0 Å². The summed E-state index contributed by atoms with van der Waals surface area (Å²) in [5.41, 5.74) is 0. The van der Waals surface area contributed by atoms with Crippen LogP contribution in [-0.4, -0.2) is 71.1 Å². The molecule has 2 fully saturated rings. The summed E-state index contributed by atoms with van der Waals surface area (Å²) in [6.07, 6.45) is 1.61. The number of ether oxygens (including phenoxy) is 1. The highest BCUT2D eigenvalue weighted by Crippen LogP contribution is 2.22. The van der Waals surface area contributed by atoms with E-state index in [2.05, 4.69) is 0 Å². The predicted molar refractivity (Wildman–Crippen MR) is 82.8 cm³/mol. The van der Waals surface area contributed by atoms with Gasteiger partial charge >= 0.3 is 5.97 Å². The van der Waals surface area contributed by atoms with E-state index in [-0.39, 0.29) is 30.4 Å². The number of morpholine rings is 1. The highest BCUT2D eigenvalue weighted by Gasteiger charge is 2.37. The van der Waals surface area contributed by atoms with Gasteiger partial charge in [-0.25, -0.2) is 4.79 Å². The number of carbonyl (C=O) groups excluding carboxylic acids is 2. The SMILES string of the molecule is CCCC(=O)N1CCCC(C(=O)N2CC(C(=O)O)O[C@H](C)C2)C1. The molecule has 0 radical (unpaired) electrons. The molecule has 7 heteroatoms. The molecule has 0 aromatic carbocycles. The number of nitrogens with zero attached hydrogens (tertiary/aromatic N) is 2. The standard InChI is InChI=1S/C16H26N2O5/c1-3-5-14(19)17-7-4-6-12(9-17)15(20)18-8-11(2)23-13(10-18)16(21)22/h11-13H,3-10H2,1-2H3,(H,21,22)/t11-,12?,13?/m1/s1. The van der Waals surface area contributed by atoms with Crippen molar-refractivity contribution in [2.24, 2.45) is 5.92 Å². The third-order valence-corrected chi connectivity index (χ3v) is 4.43. The molecule has 0 saturated carbocycles. The van der Waals surface area contributed by atoms with Crippen molar-refractivity contribution in [1.82, 2.24) is 9.80 Å². The second-order valence-electron chi connectivity index (χ2n) is 6.45. The van der Waals surface area contributed by atoms with Crippen molar-refractivity contribution in [3.05, 3.63) is 0 Å². The molecule has 23 heavy (non-hydrogen) atoms. The molecule has 0 aliphatic carbocycles. The topological polar surface area (TPSA) is 87.2 Å². The van der Waals surface area contributed by atoms with Crippen molar-refractivity contribution in [3.8, 4) is 0 Å². The van der Waals surface area contributed by atoms with Crippen LogP contribution in [0.5, 0.6) is 0 Å². The Labute approximate surface area is 136 Å². The number of hydrogen-bond acceptors (Lipinski definition) is 4. The molecule has 1 N–H and O–H groups in total. The van der Waals surface area contributed by atoms with Gasteiger partial charge in [0.25, 0.3) is 0 Å². The van der Waals surface area contributed by atoms with E-state index < -0.39 is 12.1 Å². The van der Waals surface area contributed by atoms with Crippen molar-refractivity contribution in [1.29, 1.82) is 0 Å². The van der Waals surface area contributed by atoms with Crippen LogP contribution in [0.2, 0.25) is 0 Å². The molecule has 2 aliphatic rings. The summed E-state index contributed by atoms with van der Waals surface area (Å²) in [6.45, 7) is 5.37. The first-order valence-electron chi connectivity index (χ1n) is 8.37. The Bertz CT molecular complexity index is 467. The molecule has 0 bridgehead atoms. The van der Waals surface area contributed by atoms with Crippen molar-refractivity contribution >= 4 is 17.8 Å². The Balaban J connectivity index is 1.98. The molecule has 2 saturated heterocycles. The minimum Gasteiger partial charge on any atom is -0.479 e. The number of amides is 2. The Morgan fingerprint density at radius 1 is 1.17 bits per heavy atom. The van der Waals surface area contributed by atoms with Gasteiger partial charge in [0, 0.05) is 26.1 Å². The molecule has 0 aromatic rings. The highest BCUT2D eigenvalue weighted by molar-refractivity contribution is 5.82. The zero-order valence-corrected chi connectivity index (χ0v) is 13.9. The zero-order chi connectivity index (χ0) is 17.0. The normalized spacial score (nSPS) is 28.5. The van der Waals surface area contributed by atoms with Gasteiger partial charge in [0.2, 0.25) is 11.8 Å². The maximum atomic E-state index is 12.7. The Morgan fingerprint density at radius 2 is 1.91 bits per heavy atom. The minimum absolute atomic E-state index is 0.0552. The summed E-state index contributed by atoms with van der Waals surface area (Å²) >= 11 is 0. The number of piperidine rings is 1. The molecule has 130 valence electrons. The maximum Gasteiger partial charge on any atom is 0.334 e. The fraction of sp³-hybridized carbons (Fsp3) is 0.812. The van der Waals surface area contributed by atoms with Crippen LogP contribution in [0.3, 0.4) is 0 Å². The largest absolute Gasteiger partial charge is 0.479 e. The monoisotopic (exact) mass is 326 g/mol. The van der Waals surface area contributed by atoms with Gasteiger partial charge in [-0.1, -0.05) is 6.92 Å². The van der Waals surface area contributed by atoms with Crippen molar-refractivity contribution in [2.45, 2.75) is 51.7 Å². The fourth-order valence-electron chi connectivity index (χ4n) is 3.30. The number of aliphatic carboxylic acids is 1. The average Bonchev–Trinajstić information content (AvgIpc) is 2.54. The lowest BCUT2D eigenvalue weighted by Gasteiger charge is -2.39. The molecule has 2 unspecified atom stereocenters. The van der Waals surface area contributed by atoms with E-state index in [1.807, 2.05) is 6.92 Å². The van der Waals surface area contributed by atoms with E-state index >= 15 is 0 Å².